The number of amides is 1. The normalized spacial score (nSPS) is 11.0. The minimum atomic E-state index is -0.255. The van der Waals surface area contributed by atoms with Gasteiger partial charge in [0, 0.05) is 20.1 Å². The summed E-state index contributed by atoms with van der Waals surface area (Å²) in [5.41, 5.74) is 1.30. The van der Waals surface area contributed by atoms with Crippen LogP contribution in [0.5, 0.6) is 11.5 Å². The molecule has 1 heterocycles. The predicted molar refractivity (Wildman–Crippen MR) is 113 cm³/mol. The lowest BCUT2D eigenvalue weighted by molar-refractivity contribution is 0.0942. The average molecular weight is 428 g/mol. The second-order valence-corrected chi connectivity index (χ2v) is 7.04. The molecule has 0 aliphatic carbocycles. The van der Waals surface area contributed by atoms with Crippen LogP contribution in [-0.2, 0) is 13.6 Å². The zero-order valence-corrected chi connectivity index (χ0v) is 18.2. The number of methoxy groups -OCH3 is 1. The van der Waals surface area contributed by atoms with Crippen molar-refractivity contribution in [3.05, 3.63) is 45.7 Å². The van der Waals surface area contributed by atoms with Crippen molar-refractivity contribution in [3.63, 3.8) is 0 Å². The number of aromatic nitrogens is 1. The third kappa shape index (κ3) is 5.56. The zero-order chi connectivity index (χ0) is 20.7. The van der Waals surface area contributed by atoms with Crippen molar-refractivity contribution in [1.82, 2.24) is 14.8 Å². The third-order valence-corrected chi connectivity index (χ3v) is 5.43. The van der Waals surface area contributed by atoms with E-state index in [0.29, 0.717) is 40.5 Å². The first-order valence-corrected chi connectivity index (χ1v) is 9.97. The van der Waals surface area contributed by atoms with Crippen molar-refractivity contribution in [2.45, 2.75) is 20.4 Å². The molecule has 6 nitrogen and oxygen atoms in total. The predicted octanol–water partition coefficient (Wildman–Crippen LogP) is 3.99. The van der Waals surface area contributed by atoms with Crippen molar-refractivity contribution in [1.29, 1.82) is 0 Å². The van der Waals surface area contributed by atoms with Crippen LogP contribution in [0.3, 0.4) is 0 Å². The van der Waals surface area contributed by atoms with E-state index in [4.69, 9.17) is 32.7 Å². The maximum Gasteiger partial charge on any atom is 0.268 e. The molecule has 0 fully saturated rings. The van der Waals surface area contributed by atoms with Gasteiger partial charge in [-0.05, 0) is 36.9 Å². The van der Waals surface area contributed by atoms with Crippen LogP contribution >= 0.6 is 23.2 Å². The molecule has 2 aromatic rings. The number of carbonyl (C=O) groups excluding carboxylic acids is 1. The van der Waals surface area contributed by atoms with Crippen LogP contribution in [0.15, 0.2) is 24.3 Å². The Balaban J connectivity index is 1.97. The molecule has 0 radical (unpaired) electrons. The third-order valence-electron chi connectivity index (χ3n) is 4.59. The van der Waals surface area contributed by atoms with Crippen molar-refractivity contribution < 1.29 is 14.3 Å². The molecule has 1 N–H and O–H groups in total. The SMILES string of the molecule is CCN(CC)CCOc1ccc(CNC(=O)c2cc(Cl)c(Cl)n2C)cc1OC. The van der Waals surface area contributed by atoms with Gasteiger partial charge < -0.3 is 24.3 Å². The molecule has 1 aromatic carbocycles. The van der Waals surface area contributed by atoms with E-state index in [-0.39, 0.29) is 5.91 Å². The average Bonchev–Trinajstić information content (AvgIpc) is 2.97. The van der Waals surface area contributed by atoms with E-state index in [1.54, 1.807) is 24.8 Å². The number of rotatable bonds is 10. The topological polar surface area (TPSA) is 55.7 Å². The van der Waals surface area contributed by atoms with Gasteiger partial charge in [-0.3, -0.25) is 4.79 Å². The van der Waals surface area contributed by atoms with E-state index in [1.807, 2.05) is 18.2 Å². The lowest BCUT2D eigenvalue weighted by atomic mass is 10.2. The fourth-order valence-corrected chi connectivity index (χ4v) is 3.17. The number of ether oxygens (including phenoxy) is 2. The standard InChI is InChI=1S/C20H27Cl2N3O3/c1-5-25(6-2)9-10-28-17-8-7-14(11-18(17)27-4)13-23-20(26)16-12-15(21)19(22)24(16)3/h7-8,11-12H,5-6,9-10,13H2,1-4H3,(H,23,26). The van der Waals surface area contributed by atoms with Gasteiger partial charge in [-0.15, -0.1) is 0 Å². The van der Waals surface area contributed by atoms with Gasteiger partial charge in [0.25, 0.3) is 5.91 Å². The Labute approximate surface area is 176 Å². The van der Waals surface area contributed by atoms with Gasteiger partial charge in [-0.1, -0.05) is 43.1 Å². The Hall–Kier alpha value is -1.89. The molecule has 0 atom stereocenters. The fraction of sp³-hybridized carbons (Fsp3) is 0.450. The number of nitrogens with zero attached hydrogens (tertiary/aromatic N) is 2. The van der Waals surface area contributed by atoms with Crippen LogP contribution in [0.1, 0.15) is 29.9 Å². The molecule has 8 heteroatoms. The molecule has 154 valence electrons. The minimum absolute atomic E-state index is 0.255. The Morgan fingerprint density at radius 1 is 1.18 bits per heavy atom. The monoisotopic (exact) mass is 427 g/mol. The summed E-state index contributed by atoms with van der Waals surface area (Å²) in [6, 6.07) is 7.17. The van der Waals surface area contributed by atoms with Crippen LogP contribution in [0, 0.1) is 0 Å². The Morgan fingerprint density at radius 2 is 1.89 bits per heavy atom. The molecule has 0 saturated heterocycles. The van der Waals surface area contributed by atoms with Crippen LogP contribution in [0.2, 0.25) is 10.2 Å². The fourth-order valence-electron chi connectivity index (χ4n) is 2.80. The molecule has 0 aliphatic rings. The highest BCUT2D eigenvalue weighted by molar-refractivity contribution is 6.41. The van der Waals surface area contributed by atoms with Crippen molar-refractivity contribution in [2.75, 3.05) is 33.4 Å². The van der Waals surface area contributed by atoms with E-state index in [2.05, 4.69) is 24.1 Å². The molecule has 28 heavy (non-hydrogen) atoms. The Bertz CT molecular complexity index is 804. The van der Waals surface area contributed by atoms with Crippen LogP contribution in [0.25, 0.3) is 0 Å². The number of carbonyl (C=O) groups is 1. The van der Waals surface area contributed by atoms with Crippen molar-refractivity contribution in [3.8, 4) is 11.5 Å². The summed E-state index contributed by atoms with van der Waals surface area (Å²) >= 11 is 12.0. The molecule has 0 bridgehead atoms. The molecular formula is C20H27Cl2N3O3. The van der Waals surface area contributed by atoms with E-state index >= 15 is 0 Å². The Kier molecular flexibility index (Phi) is 8.48. The summed E-state index contributed by atoms with van der Waals surface area (Å²) in [6.45, 7) is 8.03. The summed E-state index contributed by atoms with van der Waals surface area (Å²) < 4.78 is 12.8. The molecular weight excluding hydrogens is 401 g/mol. The number of nitrogens with one attached hydrogen (secondary N) is 1. The number of likely N-dealkylation sites (N-methyl/N-ethyl adjacent to an activating group) is 1. The largest absolute Gasteiger partial charge is 0.493 e. The van der Waals surface area contributed by atoms with E-state index in [0.717, 1.165) is 25.2 Å². The summed E-state index contributed by atoms with van der Waals surface area (Å²) in [5, 5.41) is 3.54. The molecule has 0 saturated carbocycles. The molecule has 2 rings (SSSR count). The number of halogens is 2. The van der Waals surface area contributed by atoms with Gasteiger partial charge in [0.1, 0.15) is 17.5 Å². The number of hydrogen-bond acceptors (Lipinski definition) is 4. The first kappa shape index (κ1) is 22.4. The summed E-state index contributed by atoms with van der Waals surface area (Å²) in [7, 11) is 3.29. The van der Waals surface area contributed by atoms with Crippen LogP contribution < -0.4 is 14.8 Å². The van der Waals surface area contributed by atoms with Gasteiger partial charge in [0.15, 0.2) is 11.5 Å². The highest BCUT2D eigenvalue weighted by Crippen LogP contribution is 2.28. The second-order valence-electron chi connectivity index (χ2n) is 6.27. The molecule has 1 aromatic heterocycles. The zero-order valence-electron chi connectivity index (χ0n) is 16.7. The van der Waals surface area contributed by atoms with E-state index in [1.165, 1.54) is 0 Å². The molecule has 1 amide bonds. The maximum atomic E-state index is 12.4. The highest BCUT2D eigenvalue weighted by Gasteiger charge is 2.16. The van der Waals surface area contributed by atoms with Crippen LogP contribution in [-0.4, -0.2) is 48.7 Å². The van der Waals surface area contributed by atoms with Gasteiger partial charge in [0.2, 0.25) is 0 Å². The summed E-state index contributed by atoms with van der Waals surface area (Å²) in [5.74, 6) is 1.07. The van der Waals surface area contributed by atoms with Gasteiger partial charge in [0.05, 0.1) is 12.1 Å². The lowest BCUT2D eigenvalue weighted by Crippen LogP contribution is -2.28. The Morgan fingerprint density at radius 3 is 2.46 bits per heavy atom. The van der Waals surface area contributed by atoms with E-state index < -0.39 is 0 Å². The summed E-state index contributed by atoms with van der Waals surface area (Å²) in [4.78, 5) is 14.7. The molecule has 0 spiro atoms. The van der Waals surface area contributed by atoms with E-state index in [9.17, 15) is 4.79 Å². The number of benzene rings is 1. The van der Waals surface area contributed by atoms with Gasteiger partial charge in [-0.2, -0.15) is 0 Å². The van der Waals surface area contributed by atoms with Crippen molar-refractivity contribution >= 4 is 29.1 Å². The second kappa shape index (κ2) is 10.6. The maximum absolute atomic E-state index is 12.4. The van der Waals surface area contributed by atoms with Gasteiger partial charge >= 0.3 is 0 Å². The molecule has 0 unspecified atom stereocenters. The molecule has 0 aliphatic heterocycles. The van der Waals surface area contributed by atoms with Crippen LogP contribution in [0.4, 0.5) is 0 Å². The smallest absolute Gasteiger partial charge is 0.268 e. The first-order valence-electron chi connectivity index (χ1n) is 9.22. The first-order chi connectivity index (χ1) is 13.4. The van der Waals surface area contributed by atoms with Gasteiger partial charge in [-0.25, -0.2) is 0 Å². The van der Waals surface area contributed by atoms with Crippen molar-refractivity contribution in [2.24, 2.45) is 7.05 Å². The summed E-state index contributed by atoms with van der Waals surface area (Å²) in [6.07, 6.45) is 0. The lowest BCUT2D eigenvalue weighted by Gasteiger charge is -2.19. The quantitative estimate of drug-likeness (QED) is 0.622. The number of hydrogen-bond donors (Lipinski definition) is 1. The highest BCUT2D eigenvalue weighted by atomic mass is 35.5. The minimum Gasteiger partial charge on any atom is -0.493 e.